The molecule has 176 valence electrons. The average molecular weight is 455 g/mol. The van der Waals surface area contributed by atoms with Gasteiger partial charge in [-0.15, -0.1) is 0 Å². The van der Waals surface area contributed by atoms with Crippen molar-refractivity contribution in [1.29, 1.82) is 0 Å². The molecule has 3 rings (SSSR count). The highest BCUT2D eigenvalue weighted by atomic mass is 16.5. The summed E-state index contributed by atoms with van der Waals surface area (Å²) in [7, 11) is 2.90. The number of hydrogen-bond donors (Lipinski definition) is 2. The third-order valence-electron chi connectivity index (χ3n) is 5.96. The van der Waals surface area contributed by atoms with Crippen LogP contribution in [0.1, 0.15) is 31.0 Å². The fourth-order valence-corrected chi connectivity index (χ4v) is 4.12. The number of benzene rings is 2. The zero-order chi connectivity index (χ0) is 24.1. The molecule has 1 amide bonds. The van der Waals surface area contributed by atoms with Crippen molar-refractivity contribution in [3.63, 3.8) is 0 Å². The molecular weight excluding hydrogens is 424 g/mol. The maximum atomic E-state index is 13.2. The number of aromatic hydroxyl groups is 1. The number of ether oxygens (including phenoxy) is 2. The number of aliphatic hydroxyl groups excluding tert-OH is 1. The molecule has 8 heteroatoms. The zero-order valence-corrected chi connectivity index (χ0v) is 19.4. The summed E-state index contributed by atoms with van der Waals surface area (Å²) < 4.78 is 10.8. The van der Waals surface area contributed by atoms with Crippen LogP contribution in [0.15, 0.2) is 48.0 Å². The van der Waals surface area contributed by atoms with Crippen LogP contribution >= 0.6 is 0 Å². The van der Waals surface area contributed by atoms with Crippen molar-refractivity contribution < 1.29 is 29.3 Å². The highest BCUT2D eigenvalue weighted by Gasteiger charge is 2.46. The molecule has 1 saturated heterocycles. The van der Waals surface area contributed by atoms with Crippen LogP contribution in [0.3, 0.4) is 0 Å². The number of amides is 1. The molecule has 0 aliphatic carbocycles. The van der Waals surface area contributed by atoms with E-state index in [9.17, 15) is 19.8 Å². The molecule has 0 spiro atoms. The van der Waals surface area contributed by atoms with Gasteiger partial charge >= 0.3 is 0 Å². The summed E-state index contributed by atoms with van der Waals surface area (Å²) in [4.78, 5) is 29.9. The van der Waals surface area contributed by atoms with E-state index in [2.05, 4.69) is 4.90 Å². The molecule has 0 radical (unpaired) electrons. The fraction of sp³-hybridized carbons (Fsp3) is 0.360. The molecule has 1 atom stereocenters. The monoisotopic (exact) mass is 454 g/mol. The molecule has 0 saturated carbocycles. The fourth-order valence-electron chi connectivity index (χ4n) is 4.12. The molecule has 1 unspecified atom stereocenters. The topological polar surface area (TPSA) is 99.5 Å². The Bertz CT molecular complexity index is 1020. The lowest BCUT2D eigenvalue weighted by molar-refractivity contribution is -0.140. The first kappa shape index (κ1) is 24.1. The van der Waals surface area contributed by atoms with Gasteiger partial charge in [0.15, 0.2) is 0 Å². The minimum absolute atomic E-state index is 0.0481. The van der Waals surface area contributed by atoms with E-state index in [0.717, 1.165) is 13.1 Å². The summed E-state index contributed by atoms with van der Waals surface area (Å²) in [6, 6.07) is 10.4. The Morgan fingerprint density at radius 1 is 1.00 bits per heavy atom. The van der Waals surface area contributed by atoms with Crippen LogP contribution in [0, 0.1) is 0 Å². The molecule has 0 bridgehead atoms. The van der Waals surface area contributed by atoms with Crippen LogP contribution in [0.4, 0.5) is 0 Å². The second-order valence-electron chi connectivity index (χ2n) is 7.65. The lowest BCUT2D eigenvalue weighted by atomic mass is 9.94. The first-order valence-corrected chi connectivity index (χ1v) is 10.9. The highest BCUT2D eigenvalue weighted by molar-refractivity contribution is 6.46. The van der Waals surface area contributed by atoms with E-state index in [0.29, 0.717) is 30.2 Å². The molecule has 2 aromatic carbocycles. The number of likely N-dealkylation sites (tertiary alicyclic amines) is 1. The van der Waals surface area contributed by atoms with Crippen LogP contribution in [0.5, 0.6) is 17.2 Å². The Kier molecular flexibility index (Phi) is 7.60. The summed E-state index contributed by atoms with van der Waals surface area (Å²) in [5, 5.41) is 21.1. The average Bonchev–Trinajstić information content (AvgIpc) is 3.09. The molecular formula is C25H30N2O6. The molecule has 1 aliphatic rings. The van der Waals surface area contributed by atoms with Crippen LogP contribution < -0.4 is 9.47 Å². The number of likely N-dealkylation sites (N-methyl/N-ethyl adjacent to an activating group) is 1. The molecule has 1 aliphatic heterocycles. The Balaban J connectivity index is 2.19. The quantitative estimate of drug-likeness (QED) is 0.341. The summed E-state index contributed by atoms with van der Waals surface area (Å²) in [6.45, 7) is 6.56. The Hall–Kier alpha value is -3.52. The van der Waals surface area contributed by atoms with E-state index in [1.165, 1.54) is 31.3 Å². The highest BCUT2D eigenvalue weighted by Crippen LogP contribution is 2.43. The number of phenolic OH excluding ortho intramolecular Hbond substituents is 1. The van der Waals surface area contributed by atoms with Crippen molar-refractivity contribution in [2.45, 2.75) is 19.9 Å². The second-order valence-corrected chi connectivity index (χ2v) is 7.65. The number of Topliss-reactive ketones (excluding diaryl/α,β-unsaturated/α-hetero) is 1. The molecule has 1 fully saturated rings. The third kappa shape index (κ3) is 4.66. The van der Waals surface area contributed by atoms with Crippen LogP contribution in [-0.4, -0.2) is 72.1 Å². The molecule has 2 N–H and O–H groups in total. The summed E-state index contributed by atoms with van der Waals surface area (Å²) in [5.74, 6) is -1.15. The van der Waals surface area contributed by atoms with Crippen molar-refractivity contribution in [2.24, 2.45) is 0 Å². The van der Waals surface area contributed by atoms with Crippen molar-refractivity contribution in [2.75, 3.05) is 40.4 Å². The third-order valence-corrected chi connectivity index (χ3v) is 5.96. The lowest BCUT2D eigenvalue weighted by Crippen LogP contribution is -2.38. The summed E-state index contributed by atoms with van der Waals surface area (Å²) in [6.07, 6.45) is 0. The van der Waals surface area contributed by atoms with Crippen LogP contribution in [0.25, 0.3) is 5.76 Å². The van der Waals surface area contributed by atoms with Crippen LogP contribution in [0.2, 0.25) is 0 Å². The number of nitrogens with zero attached hydrogens (tertiary/aromatic N) is 2. The lowest BCUT2D eigenvalue weighted by Gasteiger charge is -2.28. The summed E-state index contributed by atoms with van der Waals surface area (Å²) in [5.41, 5.74) is 0.753. The zero-order valence-electron chi connectivity index (χ0n) is 19.4. The molecule has 8 nitrogen and oxygen atoms in total. The largest absolute Gasteiger partial charge is 0.508 e. The molecule has 2 aromatic rings. The van der Waals surface area contributed by atoms with Crippen molar-refractivity contribution >= 4 is 17.4 Å². The van der Waals surface area contributed by atoms with E-state index in [4.69, 9.17) is 9.47 Å². The number of phenols is 1. The van der Waals surface area contributed by atoms with Crippen molar-refractivity contribution in [3.8, 4) is 17.2 Å². The van der Waals surface area contributed by atoms with Crippen LogP contribution in [-0.2, 0) is 9.59 Å². The Labute approximate surface area is 193 Å². The number of aliphatic hydroxyl groups is 1. The summed E-state index contributed by atoms with van der Waals surface area (Å²) >= 11 is 0. The van der Waals surface area contributed by atoms with Gasteiger partial charge in [-0.2, -0.15) is 0 Å². The number of ketones is 1. The van der Waals surface area contributed by atoms with Crippen molar-refractivity contribution in [1.82, 2.24) is 9.80 Å². The smallest absolute Gasteiger partial charge is 0.295 e. The number of carbonyl (C=O) groups excluding carboxylic acids is 2. The van der Waals surface area contributed by atoms with Gasteiger partial charge in [0.1, 0.15) is 28.6 Å². The number of rotatable bonds is 9. The van der Waals surface area contributed by atoms with Gasteiger partial charge in [-0.3, -0.25) is 9.59 Å². The van der Waals surface area contributed by atoms with Gasteiger partial charge in [0.05, 0.1) is 25.8 Å². The SMILES string of the molecule is CCN(CC)CCN1C(=O)C(=O)/C(=C(/O)c2c(OC)cccc2OC)C1c1ccc(O)cc1. The minimum Gasteiger partial charge on any atom is -0.508 e. The predicted octanol–water partition coefficient (Wildman–Crippen LogP) is 3.17. The van der Waals surface area contributed by atoms with Gasteiger partial charge in [-0.05, 0) is 42.9 Å². The maximum Gasteiger partial charge on any atom is 0.295 e. The normalized spacial score (nSPS) is 17.6. The van der Waals surface area contributed by atoms with Crippen molar-refractivity contribution in [3.05, 3.63) is 59.2 Å². The number of hydrogen-bond acceptors (Lipinski definition) is 7. The van der Waals surface area contributed by atoms with E-state index < -0.39 is 17.7 Å². The van der Waals surface area contributed by atoms with Gasteiger partial charge in [-0.1, -0.05) is 32.0 Å². The van der Waals surface area contributed by atoms with Gasteiger partial charge in [0.25, 0.3) is 11.7 Å². The van der Waals surface area contributed by atoms with Gasteiger partial charge < -0.3 is 29.5 Å². The molecule has 33 heavy (non-hydrogen) atoms. The first-order valence-electron chi connectivity index (χ1n) is 10.9. The van der Waals surface area contributed by atoms with Gasteiger partial charge in [-0.25, -0.2) is 0 Å². The van der Waals surface area contributed by atoms with Gasteiger partial charge in [0.2, 0.25) is 0 Å². The predicted molar refractivity (Wildman–Crippen MR) is 124 cm³/mol. The van der Waals surface area contributed by atoms with Gasteiger partial charge in [0, 0.05) is 13.1 Å². The number of methoxy groups -OCH3 is 2. The number of carbonyl (C=O) groups is 2. The van der Waals surface area contributed by atoms with E-state index in [1.807, 2.05) is 13.8 Å². The molecule has 0 aromatic heterocycles. The standard InChI is InChI=1S/C25H30N2O6/c1-5-26(6-2)14-15-27-22(16-10-12-17(28)13-11-16)21(24(30)25(27)31)23(29)20-18(32-3)8-7-9-19(20)33-4/h7-13,22,28-29H,5-6,14-15H2,1-4H3/b23-21+. The Morgan fingerprint density at radius 2 is 1.58 bits per heavy atom. The first-order chi connectivity index (χ1) is 15.9. The minimum atomic E-state index is -0.823. The maximum absolute atomic E-state index is 13.2. The molecule has 1 heterocycles. The van der Waals surface area contributed by atoms with E-state index >= 15 is 0 Å². The van der Waals surface area contributed by atoms with E-state index in [-0.39, 0.29) is 22.6 Å². The Morgan fingerprint density at radius 3 is 2.09 bits per heavy atom. The second kappa shape index (κ2) is 10.4. The van der Waals surface area contributed by atoms with E-state index in [1.54, 1.807) is 30.3 Å².